The molecule has 0 saturated carbocycles. The Balaban J connectivity index is 2.06. The monoisotopic (exact) mass is 279 g/mol. The Labute approximate surface area is 115 Å². The summed E-state index contributed by atoms with van der Waals surface area (Å²) in [6, 6.07) is 8.06. The molecule has 2 N–H and O–H groups in total. The second-order valence-corrected chi connectivity index (χ2v) is 4.41. The molecule has 0 spiro atoms. The van der Waals surface area contributed by atoms with Crippen LogP contribution in [-0.2, 0) is 17.9 Å². The molecule has 0 fully saturated rings. The van der Waals surface area contributed by atoms with E-state index in [1.165, 1.54) is 12.1 Å². The Kier molecular flexibility index (Phi) is 4.59. The number of rotatable bonds is 5. The van der Waals surface area contributed by atoms with Gasteiger partial charge in [-0.15, -0.1) is 0 Å². The first-order chi connectivity index (χ1) is 9.17. The van der Waals surface area contributed by atoms with E-state index in [0.29, 0.717) is 23.6 Å². The predicted octanol–water partition coefficient (Wildman–Crippen LogP) is 3.04. The standard InChI is InChI=1S/C13H14FN3OS/c1-18-8-12-16-11(6-13(19)17-12)15-7-9-2-4-10(14)5-3-9/h2-6H,7-8H2,1H3,(H2,15,16,17,19). The molecular formula is C13H14FN3OS. The number of ether oxygens (including phenoxy) is 1. The summed E-state index contributed by atoms with van der Waals surface area (Å²) in [7, 11) is 1.59. The molecule has 6 heteroatoms. The van der Waals surface area contributed by atoms with Crippen LogP contribution in [0.1, 0.15) is 11.4 Å². The molecule has 1 heterocycles. The molecule has 0 unspecified atom stereocenters. The van der Waals surface area contributed by atoms with E-state index in [1.54, 1.807) is 25.3 Å². The van der Waals surface area contributed by atoms with E-state index in [1.807, 2.05) is 0 Å². The molecule has 4 nitrogen and oxygen atoms in total. The van der Waals surface area contributed by atoms with Crippen molar-refractivity contribution in [2.45, 2.75) is 13.2 Å². The van der Waals surface area contributed by atoms with Gasteiger partial charge < -0.3 is 15.0 Å². The minimum absolute atomic E-state index is 0.241. The number of aromatic amines is 1. The maximum atomic E-state index is 12.8. The molecule has 0 radical (unpaired) electrons. The molecule has 0 aliphatic carbocycles. The van der Waals surface area contributed by atoms with E-state index < -0.39 is 0 Å². The van der Waals surface area contributed by atoms with E-state index in [2.05, 4.69) is 15.3 Å². The number of anilines is 1. The summed E-state index contributed by atoms with van der Waals surface area (Å²) in [5.41, 5.74) is 0.978. The van der Waals surface area contributed by atoms with Gasteiger partial charge in [0.05, 0.1) is 0 Å². The van der Waals surface area contributed by atoms with Gasteiger partial charge in [-0.05, 0) is 17.7 Å². The second kappa shape index (κ2) is 6.40. The van der Waals surface area contributed by atoms with Crippen LogP contribution in [0.25, 0.3) is 0 Å². The lowest BCUT2D eigenvalue weighted by atomic mass is 10.2. The number of hydrogen-bond acceptors (Lipinski definition) is 4. The van der Waals surface area contributed by atoms with Crippen molar-refractivity contribution in [1.29, 1.82) is 0 Å². The molecule has 0 aliphatic heterocycles. The van der Waals surface area contributed by atoms with Crippen molar-refractivity contribution >= 4 is 18.0 Å². The third kappa shape index (κ3) is 4.11. The van der Waals surface area contributed by atoms with Gasteiger partial charge in [0.25, 0.3) is 0 Å². The highest BCUT2D eigenvalue weighted by Crippen LogP contribution is 2.08. The lowest BCUT2D eigenvalue weighted by molar-refractivity contribution is 0.178. The molecule has 1 aromatic heterocycles. The average molecular weight is 279 g/mol. The lowest BCUT2D eigenvalue weighted by Crippen LogP contribution is -2.05. The molecule has 0 aliphatic rings. The SMILES string of the molecule is COCc1nc(=S)cc(NCc2ccc(F)cc2)[nH]1. The highest BCUT2D eigenvalue weighted by molar-refractivity contribution is 7.71. The molecular weight excluding hydrogens is 265 g/mol. The Morgan fingerprint density at radius 1 is 1.37 bits per heavy atom. The minimum Gasteiger partial charge on any atom is -0.377 e. The first kappa shape index (κ1) is 13.6. The maximum absolute atomic E-state index is 12.8. The van der Waals surface area contributed by atoms with Crippen LogP contribution in [0.5, 0.6) is 0 Å². The predicted molar refractivity (Wildman–Crippen MR) is 73.9 cm³/mol. The fourth-order valence-electron chi connectivity index (χ4n) is 1.61. The van der Waals surface area contributed by atoms with Crippen LogP contribution >= 0.6 is 12.2 Å². The zero-order chi connectivity index (χ0) is 13.7. The van der Waals surface area contributed by atoms with Crippen molar-refractivity contribution in [2.75, 3.05) is 12.4 Å². The van der Waals surface area contributed by atoms with Crippen LogP contribution in [0.4, 0.5) is 10.2 Å². The van der Waals surface area contributed by atoms with Crippen LogP contribution < -0.4 is 5.32 Å². The number of aromatic nitrogens is 2. The van der Waals surface area contributed by atoms with E-state index >= 15 is 0 Å². The summed E-state index contributed by atoms with van der Waals surface area (Å²) in [4.78, 5) is 7.21. The van der Waals surface area contributed by atoms with Crippen molar-refractivity contribution in [3.8, 4) is 0 Å². The summed E-state index contributed by atoms with van der Waals surface area (Å²) in [5, 5.41) is 3.18. The normalized spacial score (nSPS) is 10.4. The Hall–Kier alpha value is -1.79. The second-order valence-electron chi connectivity index (χ2n) is 3.99. The molecule has 0 saturated heterocycles. The molecule has 0 amide bonds. The molecule has 1 aromatic carbocycles. The Bertz CT molecular complexity index is 598. The van der Waals surface area contributed by atoms with Crippen LogP contribution in [-0.4, -0.2) is 17.1 Å². The Morgan fingerprint density at radius 3 is 2.79 bits per heavy atom. The lowest BCUT2D eigenvalue weighted by Gasteiger charge is -2.08. The first-order valence-electron chi connectivity index (χ1n) is 5.75. The highest BCUT2D eigenvalue weighted by Gasteiger charge is 1.99. The van der Waals surface area contributed by atoms with E-state index in [0.717, 1.165) is 11.4 Å². The topological polar surface area (TPSA) is 49.9 Å². The fourth-order valence-corrected chi connectivity index (χ4v) is 1.84. The van der Waals surface area contributed by atoms with Crippen LogP contribution in [0.15, 0.2) is 30.3 Å². The van der Waals surface area contributed by atoms with Crippen LogP contribution in [0.2, 0.25) is 0 Å². The minimum atomic E-state index is -0.241. The smallest absolute Gasteiger partial charge is 0.135 e. The maximum Gasteiger partial charge on any atom is 0.135 e. The van der Waals surface area contributed by atoms with Crippen molar-refractivity contribution in [2.24, 2.45) is 0 Å². The van der Waals surface area contributed by atoms with Gasteiger partial charge in [0.2, 0.25) is 0 Å². The molecule has 0 bridgehead atoms. The van der Waals surface area contributed by atoms with Gasteiger partial charge in [-0.2, -0.15) is 0 Å². The average Bonchev–Trinajstić information content (AvgIpc) is 2.38. The van der Waals surface area contributed by atoms with Gasteiger partial charge in [0.1, 0.15) is 28.7 Å². The van der Waals surface area contributed by atoms with Gasteiger partial charge in [-0.1, -0.05) is 24.4 Å². The number of nitrogens with one attached hydrogen (secondary N) is 2. The van der Waals surface area contributed by atoms with E-state index in [4.69, 9.17) is 17.0 Å². The van der Waals surface area contributed by atoms with Gasteiger partial charge in [0, 0.05) is 19.7 Å². The summed E-state index contributed by atoms with van der Waals surface area (Å²) < 4.78 is 18.3. The molecule has 2 aromatic rings. The zero-order valence-electron chi connectivity index (χ0n) is 10.4. The quantitative estimate of drug-likeness (QED) is 0.826. The first-order valence-corrected chi connectivity index (χ1v) is 6.15. The number of nitrogens with zero attached hydrogens (tertiary/aromatic N) is 1. The largest absolute Gasteiger partial charge is 0.377 e. The van der Waals surface area contributed by atoms with Crippen LogP contribution in [0, 0.1) is 10.5 Å². The fraction of sp³-hybridized carbons (Fsp3) is 0.231. The summed E-state index contributed by atoms with van der Waals surface area (Å²) >= 11 is 5.07. The number of H-pyrrole nitrogens is 1. The van der Waals surface area contributed by atoms with Crippen molar-refractivity contribution in [1.82, 2.24) is 9.97 Å². The molecule has 2 rings (SSSR count). The van der Waals surface area contributed by atoms with Gasteiger partial charge in [0.15, 0.2) is 0 Å². The number of hydrogen-bond donors (Lipinski definition) is 2. The summed E-state index contributed by atoms with van der Waals surface area (Å²) in [6.07, 6.45) is 0. The van der Waals surface area contributed by atoms with Gasteiger partial charge >= 0.3 is 0 Å². The number of benzene rings is 1. The number of halogens is 1. The van der Waals surface area contributed by atoms with E-state index in [-0.39, 0.29) is 5.82 Å². The molecule has 0 atom stereocenters. The third-order valence-electron chi connectivity index (χ3n) is 2.47. The van der Waals surface area contributed by atoms with Crippen molar-refractivity contribution in [3.63, 3.8) is 0 Å². The van der Waals surface area contributed by atoms with Crippen molar-refractivity contribution < 1.29 is 9.13 Å². The Morgan fingerprint density at radius 2 is 2.11 bits per heavy atom. The summed E-state index contributed by atoms with van der Waals surface area (Å²) in [5.74, 6) is 1.18. The van der Waals surface area contributed by atoms with Crippen LogP contribution in [0.3, 0.4) is 0 Å². The molecule has 19 heavy (non-hydrogen) atoms. The van der Waals surface area contributed by atoms with Crippen molar-refractivity contribution in [3.05, 3.63) is 52.2 Å². The highest BCUT2D eigenvalue weighted by atomic mass is 32.1. The zero-order valence-corrected chi connectivity index (χ0v) is 11.3. The number of methoxy groups -OCH3 is 1. The third-order valence-corrected chi connectivity index (χ3v) is 2.68. The molecule has 100 valence electrons. The van der Waals surface area contributed by atoms with Gasteiger partial charge in [-0.25, -0.2) is 9.37 Å². The van der Waals surface area contributed by atoms with E-state index in [9.17, 15) is 4.39 Å². The summed E-state index contributed by atoms with van der Waals surface area (Å²) in [6.45, 7) is 0.942. The van der Waals surface area contributed by atoms with Gasteiger partial charge in [-0.3, -0.25) is 0 Å².